The maximum atomic E-state index is 13.1. The number of benzene rings is 1. The molecule has 2 aliphatic heterocycles. The molecule has 11 heteroatoms. The van der Waals surface area contributed by atoms with Crippen LogP contribution in [0.5, 0.6) is 0 Å². The minimum Gasteiger partial charge on any atom is -0.381 e. The van der Waals surface area contributed by atoms with Crippen molar-refractivity contribution in [3.63, 3.8) is 0 Å². The summed E-state index contributed by atoms with van der Waals surface area (Å²) in [5.41, 5.74) is 1.33. The van der Waals surface area contributed by atoms with Gasteiger partial charge in [0.25, 0.3) is 5.91 Å². The van der Waals surface area contributed by atoms with Gasteiger partial charge in [0.05, 0.1) is 40.6 Å². The van der Waals surface area contributed by atoms with Crippen LogP contribution in [0.2, 0.25) is 0 Å². The zero-order chi connectivity index (χ0) is 21.8. The number of ether oxygens (including phenoxy) is 2. The highest BCUT2D eigenvalue weighted by Gasteiger charge is 2.27. The van der Waals surface area contributed by atoms with Gasteiger partial charge >= 0.3 is 0 Å². The van der Waals surface area contributed by atoms with Crippen molar-refractivity contribution in [2.45, 2.75) is 30.8 Å². The molecule has 4 rings (SSSR count). The van der Waals surface area contributed by atoms with E-state index in [2.05, 4.69) is 15.6 Å². The fourth-order valence-corrected chi connectivity index (χ4v) is 5.59. The summed E-state index contributed by atoms with van der Waals surface area (Å²) in [6.07, 6.45) is 2.09. The lowest BCUT2D eigenvalue weighted by Gasteiger charge is -2.26. The third kappa shape index (κ3) is 5.24. The third-order valence-electron chi connectivity index (χ3n) is 5.24. The quantitative estimate of drug-likeness (QED) is 0.644. The third-order valence-corrected chi connectivity index (χ3v) is 7.91. The summed E-state index contributed by atoms with van der Waals surface area (Å²) in [5.74, 6) is -0.384. The summed E-state index contributed by atoms with van der Waals surface area (Å²) in [4.78, 5) is 17.0. The van der Waals surface area contributed by atoms with Gasteiger partial charge < -0.3 is 20.1 Å². The minimum absolute atomic E-state index is 0.0986. The Balaban J connectivity index is 1.60. The van der Waals surface area contributed by atoms with Gasteiger partial charge in [-0.25, -0.2) is 13.4 Å². The number of carbonyl (C=O) groups excluding carboxylic acids is 1. The Labute approximate surface area is 185 Å². The zero-order valence-corrected chi connectivity index (χ0v) is 18.9. The van der Waals surface area contributed by atoms with Crippen LogP contribution in [0.15, 0.2) is 28.5 Å². The molecule has 1 unspecified atom stereocenters. The number of nitrogens with zero attached hydrogens (tertiary/aromatic N) is 2. The van der Waals surface area contributed by atoms with Crippen LogP contribution in [-0.4, -0.2) is 69.2 Å². The van der Waals surface area contributed by atoms with Crippen LogP contribution in [0.3, 0.4) is 0 Å². The maximum absolute atomic E-state index is 13.1. The van der Waals surface area contributed by atoms with Crippen LogP contribution in [-0.2, 0) is 19.5 Å². The number of carbonyl (C=O) groups is 1. The number of thiazole rings is 1. The Morgan fingerprint density at radius 1 is 1.26 bits per heavy atom. The molecule has 0 bridgehead atoms. The number of morpholine rings is 1. The van der Waals surface area contributed by atoms with E-state index in [1.54, 1.807) is 17.5 Å². The van der Waals surface area contributed by atoms with Gasteiger partial charge in [0.2, 0.25) is 10.0 Å². The molecule has 1 aromatic heterocycles. The monoisotopic (exact) mass is 466 g/mol. The molecule has 0 aliphatic carbocycles. The number of aromatic nitrogens is 1. The van der Waals surface area contributed by atoms with E-state index >= 15 is 0 Å². The number of hydrogen-bond acceptors (Lipinski definition) is 8. The van der Waals surface area contributed by atoms with Gasteiger partial charge in [-0.05, 0) is 38.0 Å². The van der Waals surface area contributed by atoms with Gasteiger partial charge in [0, 0.05) is 31.6 Å². The van der Waals surface area contributed by atoms with E-state index in [0.29, 0.717) is 49.9 Å². The van der Waals surface area contributed by atoms with E-state index in [9.17, 15) is 13.2 Å². The van der Waals surface area contributed by atoms with Crippen molar-refractivity contribution in [1.29, 1.82) is 0 Å². The molecule has 1 amide bonds. The molecule has 2 aromatic rings. The molecule has 2 N–H and O–H groups in total. The van der Waals surface area contributed by atoms with Crippen molar-refractivity contribution < 1.29 is 22.7 Å². The Bertz CT molecular complexity index is 1030. The van der Waals surface area contributed by atoms with Crippen LogP contribution >= 0.6 is 11.3 Å². The lowest BCUT2D eigenvalue weighted by Crippen LogP contribution is -2.40. The smallest absolute Gasteiger partial charge is 0.275 e. The first kappa shape index (κ1) is 22.2. The minimum atomic E-state index is -3.69. The zero-order valence-electron chi connectivity index (χ0n) is 17.3. The van der Waals surface area contributed by atoms with Gasteiger partial charge in [0.1, 0.15) is 5.69 Å². The SMILES string of the molecule is Cc1nc(C(=O)Nc2cc(S(=O)(=O)N3CCOCC3)ccc2NCC2CCCO2)cs1. The summed E-state index contributed by atoms with van der Waals surface area (Å²) in [6, 6.07) is 4.75. The molecule has 1 aromatic carbocycles. The van der Waals surface area contributed by atoms with Crippen molar-refractivity contribution >= 4 is 38.6 Å². The molecule has 2 saturated heterocycles. The highest BCUT2D eigenvalue weighted by molar-refractivity contribution is 7.89. The van der Waals surface area contributed by atoms with Crippen LogP contribution in [0.25, 0.3) is 0 Å². The summed E-state index contributed by atoms with van der Waals surface area (Å²) in [7, 11) is -3.69. The van der Waals surface area contributed by atoms with E-state index in [4.69, 9.17) is 9.47 Å². The number of sulfonamides is 1. The number of amides is 1. The number of nitrogens with one attached hydrogen (secondary N) is 2. The molecule has 9 nitrogen and oxygen atoms in total. The van der Waals surface area contributed by atoms with Gasteiger partial charge in [-0.2, -0.15) is 4.31 Å². The summed E-state index contributed by atoms with van der Waals surface area (Å²) in [5, 5.41) is 8.58. The number of rotatable bonds is 7. The number of hydrogen-bond donors (Lipinski definition) is 2. The maximum Gasteiger partial charge on any atom is 0.275 e. The molecule has 3 heterocycles. The van der Waals surface area contributed by atoms with Crippen LogP contribution in [0.4, 0.5) is 11.4 Å². The van der Waals surface area contributed by atoms with E-state index < -0.39 is 10.0 Å². The first-order chi connectivity index (χ1) is 14.9. The second-order valence-corrected chi connectivity index (χ2v) is 10.4. The first-order valence-corrected chi connectivity index (χ1v) is 12.6. The molecular weight excluding hydrogens is 440 g/mol. The second kappa shape index (κ2) is 9.61. The van der Waals surface area contributed by atoms with Crippen molar-refractivity contribution in [3.05, 3.63) is 34.3 Å². The fraction of sp³-hybridized carbons (Fsp3) is 0.500. The molecule has 2 fully saturated rings. The predicted octanol–water partition coefficient (Wildman–Crippen LogP) is 2.32. The molecule has 1 atom stereocenters. The van der Waals surface area contributed by atoms with E-state index in [0.717, 1.165) is 24.5 Å². The molecule has 0 saturated carbocycles. The lowest BCUT2D eigenvalue weighted by molar-refractivity contribution is 0.0730. The Morgan fingerprint density at radius 3 is 2.74 bits per heavy atom. The average molecular weight is 467 g/mol. The predicted molar refractivity (Wildman–Crippen MR) is 118 cm³/mol. The molecule has 31 heavy (non-hydrogen) atoms. The molecule has 168 valence electrons. The van der Waals surface area contributed by atoms with Crippen LogP contribution < -0.4 is 10.6 Å². The molecular formula is C20H26N4O5S2. The van der Waals surface area contributed by atoms with Crippen molar-refractivity contribution in [2.24, 2.45) is 0 Å². The topological polar surface area (TPSA) is 110 Å². The average Bonchev–Trinajstić information content (AvgIpc) is 3.45. The van der Waals surface area contributed by atoms with E-state index in [1.165, 1.54) is 21.7 Å². The van der Waals surface area contributed by atoms with Gasteiger partial charge in [-0.1, -0.05) is 0 Å². The largest absolute Gasteiger partial charge is 0.381 e. The Morgan fingerprint density at radius 2 is 2.06 bits per heavy atom. The second-order valence-electron chi connectivity index (χ2n) is 7.45. The van der Waals surface area contributed by atoms with Gasteiger partial charge in [-0.3, -0.25) is 4.79 Å². The van der Waals surface area contributed by atoms with E-state index in [-0.39, 0.29) is 16.9 Å². The number of anilines is 2. The summed E-state index contributed by atoms with van der Waals surface area (Å²) >= 11 is 1.38. The highest BCUT2D eigenvalue weighted by Crippen LogP contribution is 2.29. The standard InChI is InChI=1S/C20H26N4O5S2/c1-14-22-19(13-30-14)20(25)23-18-11-16(31(26,27)24-6-9-28-10-7-24)4-5-17(18)21-12-15-3-2-8-29-15/h4-5,11,13,15,21H,2-3,6-10,12H2,1H3,(H,23,25). The molecule has 0 radical (unpaired) electrons. The normalized spacial score (nSPS) is 20.0. The summed E-state index contributed by atoms with van der Waals surface area (Å²) in [6.45, 7) is 4.50. The number of aryl methyl sites for hydroxylation is 1. The van der Waals surface area contributed by atoms with Crippen LogP contribution in [0.1, 0.15) is 28.3 Å². The Hall–Kier alpha value is -2.05. The van der Waals surface area contributed by atoms with Crippen LogP contribution in [0, 0.1) is 6.92 Å². The van der Waals surface area contributed by atoms with Crippen molar-refractivity contribution in [3.8, 4) is 0 Å². The summed E-state index contributed by atoms with van der Waals surface area (Å²) < 4.78 is 38.5. The fourth-order valence-electron chi connectivity index (χ4n) is 3.56. The first-order valence-electron chi connectivity index (χ1n) is 10.2. The molecule has 2 aliphatic rings. The van der Waals surface area contributed by atoms with Crippen molar-refractivity contribution in [2.75, 3.05) is 50.1 Å². The Kier molecular flexibility index (Phi) is 6.87. The lowest BCUT2D eigenvalue weighted by atomic mass is 10.2. The van der Waals surface area contributed by atoms with Gasteiger partial charge in [-0.15, -0.1) is 11.3 Å². The van der Waals surface area contributed by atoms with Gasteiger partial charge in [0.15, 0.2) is 0 Å². The van der Waals surface area contributed by atoms with E-state index in [1.807, 2.05) is 6.92 Å². The highest BCUT2D eigenvalue weighted by atomic mass is 32.2. The molecule has 0 spiro atoms. The van der Waals surface area contributed by atoms with Crippen molar-refractivity contribution in [1.82, 2.24) is 9.29 Å².